The number of anilines is 1. The Morgan fingerprint density at radius 2 is 1.94 bits per heavy atom. The monoisotopic (exact) mass is 436 g/mol. The smallest absolute Gasteiger partial charge is 0.259 e. The highest BCUT2D eigenvalue weighted by Crippen LogP contribution is 2.34. The lowest BCUT2D eigenvalue weighted by molar-refractivity contribution is -0.125. The van der Waals surface area contributed by atoms with Gasteiger partial charge < -0.3 is 10.1 Å². The molecular weight excluding hydrogens is 412 g/mol. The Morgan fingerprint density at radius 1 is 1.19 bits per heavy atom. The fourth-order valence-corrected chi connectivity index (χ4v) is 4.23. The molecule has 31 heavy (non-hydrogen) atoms. The van der Waals surface area contributed by atoms with Gasteiger partial charge in [0.2, 0.25) is 5.91 Å². The molecule has 1 N–H and O–H groups in total. The summed E-state index contributed by atoms with van der Waals surface area (Å²) >= 11 is 1.23. The third kappa shape index (κ3) is 4.34. The summed E-state index contributed by atoms with van der Waals surface area (Å²) in [5, 5.41) is 3.34. The summed E-state index contributed by atoms with van der Waals surface area (Å²) in [7, 11) is 0. The first-order chi connectivity index (χ1) is 15.0. The largest absolute Gasteiger partial charge is 0.494 e. The zero-order valence-electron chi connectivity index (χ0n) is 17.7. The van der Waals surface area contributed by atoms with Gasteiger partial charge in [0.15, 0.2) is 5.17 Å². The van der Waals surface area contributed by atoms with E-state index in [-0.39, 0.29) is 23.5 Å². The fraction of sp³-hybridized carbons (Fsp3) is 0.304. The third-order valence-corrected chi connectivity index (χ3v) is 5.85. The van der Waals surface area contributed by atoms with Gasteiger partial charge in [-0.25, -0.2) is 9.89 Å². The average Bonchev–Trinajstić information content (AvgIpc) is 3.12. The van der Waals surface area contributed by atoms with Crippen molar-refractivity contribution in [1.82, 2.24) is 4.90 Å². The molecular formula is C23H24N4O3S. The van der Waals surface area contributed by atoms with E-state index in [2.05, 4.69) is 15.3 Å². The van der Waals surface area contributed by atoms with E-state index in [1.165, 1.54) is 11.8 Å². The number of thioether (sulfide) groups is 1. The van der Waals surface area contributed by atoms with Crippen LogP contribution in [0, 0.1) is 5.92 Å². The molecule has 0 radical (unpaired) electrons. The number of rotatable bonds is 6. The molecule has 2 aromatic carbocycles. The quantitative estimate of drug-likeness (QED) is 0.740. The van der Waals surface area contributed by atoms with Gasteiger partial charge in [-0.2, -0.15) is 0 Å². The predicted octanol–water partition coefficient (Wildman–Crippen LogP) is 4.07. The highest BCUT2D eigenvalue weighted by molar-refractivity contribution is 8.14. The first-order valence-corrected chi connectivity index (χ1v) is 11.2. The number of nitrogens with one attached hydrogen (secondary N) is 1. The standard InChI is InChI=1S/C23H24N4O3S/c1-4-30-16-11-9-15(10-12-16)24-19(28)13-31-23-25-18-8-6-5-7-17(18)21-26-20(14(2)3)22(29)27(21)23/h5-12,14,20H,4,13H2,1-3H3,(H,24,28)/t20-/m0/s1. The van der Waals surface area contributed by atoms with Gasteiger partial charge in [0.1, 0.15) is 17.6 Å². The number of amidine groups is 2. The Balaban J connectivity index is 1.49. The molecule has 160 valence electrons. The number of fused-ring (bicyclic) bond motifs is 3. The highest BCUT2D eigenvalue weighted by atomic mass is 32.2. The van der Waals surface area contributed by atoms with Gasteiger partial charge in [-0.3, -0.25) is 14.6 Å². The molecule has 2 amide bonds. The molecule has 0 spiro atoms. The average molecular weight is 437 g/mol. The number of hydrogen-bond acceptors (Lipinski definition) is 6. The summed E-state index contributed by atoms with van der Waals surface area (Å²) in [6.45, 7) is 6.46. The van der Waals surface area contributed by atoms with E-state index >= 15 is 0 Å². The Kier molecular flexibility index (Phi) is 6.08. The molecule has 2 aliphatic heterocycles. The summed E-state index contributed by atoms with van der Waals surface area (Å²) in [6.07, 6.45) is 0. The zero-order chi connectivity index (χ0) is 22.0. The molecule has 2 heterocycles. The van der Waals surface area contributed by atoms with Gasteiger partial charge in [0.25, 0.3) is 5.91 Å². The molecule has 0 aliphatic carbocycles. The normalized spacial score (nSPS) is 17.1. The Labute approximate surface area is 185 Å². The molecule has 8 heteroatoms. The molecule has 4 rings (SSSR count). The second-order valence-corrected chi connectivity index (χ2v) is 8.46. The van der Waals surface area contributed by atoms with Crippen molar-refractivity contribution in [2.75, 3.05) is 17.7 Å². The van der Waals surface area contributed by atoms with Gasteiger partial charge in [-0.05, 0) is 49.2 Å². The van der Waals surface area contributed by atoms with Crippen LogP contribution in [0.3, 0.4) is 0 Å². The molecule has 0 saturated carbocycles. The molecule has 0 unspecified atom stereocenters. The second-order valence-electron chi connectivity index (χ2n) is 7.52. The van der Waals surface area contributed by atoms with E-state index in [1.807, 2.05) is 57.2 Å². The number of hydrogen-bond donors (Lipinski definition) is 1. The summed E-state index contributed by atoms with van der Waals surface area (Å²) in [4.78, 5) is 36.4. The number of aliphatic imine (C=N–C) groups is 2. The van der Waals surface area contributed by atoms with E-state index in [0.29, 0.717) is 23.3 Å². The topological polar surface area (TPSA) is 83.4 Å². The lowest BCUT2D eigenvalue weighted by Crippen LogP contribution is -2.42. The number of para-hydroxylation sites is 1. The molecule has 0 bridgehead atoms. The van der Waals surface area contributed by atoms with Crippen LogP contribution < -0.4 is 10.1 Å². The minimum absolute atomic E-state index is 0.0759. The van der Waals surface area contributed by atoms with Crippen molar-refractivity contribution in [3.05, 3.63) is 54.1 Å². The summed E-state index contributed by atoms with van der Waals surface area (Å²) in [5.41, 5.74) is 2.27. The van der Waals surface area contributed by atoms with Crippen LogP contribution in [0.1, 0.15) is 26.3 Å². The minimum Gasteiger partial charge on any atom is -0.494 e. The Bertz CT molecular complexity index is 1060. The maximum absolute atomic E-state index is 13.0. The first kappa shape index (κ1) is 21.1. The van der Waals surface area contributed by atoms with Gasteiger partial charge in [-0.15, -0.1) is 0 Å². The van der Waals surface area contributed by atoms with Crippen LogP contribution in [0.25, 0.3) is 0 Å². The van der Waals surface area contributed by atoms with Crippen LogP contribution in [0.5, 0.6) is 5.75 Å². The fourth-order valence-electron chi connectivity index (χ4n) is 3.43. The number of carbonyl (C=O) groups is 2. The second kappa shape index (κ2) is 8.93. The van der Waals surface area contributed by atoms with Crippen LogP contribution >= 0.6 is 11.8 Å². The van der Waals surface area contributed by atoms with Gasteiger partial charge >= 0.3 is 0 Å². The molecule has 0 aromatic heterocycles. The Morgan fingerprint density at radius 3 is 2.65 bits per heavy atom. The van der Waals surface area contributed by atoms with Gasteiger partial charge in [-0.1, -0.05) is 37.7 Å². The lowest BCUT2D eigenvalue weighted by Gasteiger charge is -2.25. The van der Waals surface area contributed by atoms with Crippen molar-refractivity contribution in [3.8, 4) is 5.75 Å². The molecule has 2 aliphatic rings. The van der Waals surface area contributed by atoms with Gasteiger partial charge in [0, 0.05) is 11.3 Å². The number of carbonyl (C=O) groups excluding carboxylic acids is 2. The number of ether oxygens (including phenoxy) is 1. The van der Waals surface area contributed by atoms with E-state index in [0.717, 1.165) is 17.0 Å². The van der Waals surface area contributed by atoms with Crippen LogP contribution in [-0.2, 0) is 9.59 Å². The Hall–Kier alpha value is -3.13. The summed E-state index contributed by atoms with van der Waals surface area (Å²) in [6, 6.07) is 14.4. The summed E-state index contributed by atoms with van der Waals surface area (Å²) in [5.74, 6) is 1.29. The highest BCUT2D eigenvalue weighted by Gasteiger charge is 2.42. The van der Waals surface area contributed by atoms with Crippen LogP contribution in [0.4, 0.5) is 11.4 Å². The van der Waals surface area contributed by atoms with Crippen molar-refractivity contribution in [2.24, 2.45) is 15.9 Å². The SMILES string of the molecule is CCOc1ccc(NC(=O)CSC2=Nc3ccccc3C3=N[C@@H](C(C)C)C(=O)N23)cc1. The lowest BCUT2D eigenvalue weighted by atomic mass is 10.1. The number of nitrogens with zero attached hydrogens (tertiary/aromatic N) is 3. The molecule has 7 nitrogen and oxygen atoms in total. The minimum atomic E-state index is -0.440. The first-order valence-electron chi connectivity index (χ1n) is 10.2. The van der Waals surface area contributed by atoms with E-state index in [9.17, 15) is 9.59 Å². The maximum atomic E-state index is 13.0. The van der Waals surface area contributed by atoms with E-state index in [1.54, 1.807) is 17.0 Å². The van der Waals surface area contributed by atoms with Crippen molar-refractivity contribution >= 4 is 46.0 Å². The van der Waals surface area contributed by atoms with Gasteiger partial charge in [0.05, 0.1) is 18.0 Å². The number of benzene rings is 2. The molecule has 1 atom stereocenters. The number of amides is 2. The van der Waals surface area contributed by atoms with Crippen molar-refractivity contribution in [2.45, 2.75) is 26.8 Å². The van der Waals surface area contributed by atoms with Crippen LogP contribution in [-0.4, -0.2) is 46.1 Å². The van der Waals surface area contributed by atoms with Crippen LogP contribution in [0.2, 0.25) is 0 Å². The van der Waals surface area contributed by atoms with Crippen molar-refractivity contribution in [3.63, 3.8) is 0 Å². The zero-order valence-corrected chi connectivity index (χ0v) is 18.5. The van der Waals surface area contributed by atoms with E-state index in [4.69, 9.17) is 4.74 Å². The summed E-state index contributed by atoms with van der Waals surface area (Å²) < 4.78 is 5.42. The third-order valence-electron chi connectivity index (χ3n) is 4.91. The molecule has 2 aromatic rings. The molecule has 0 fully saturated rings. The predicted molar refractivity (Wildman–Crippen MR) is 124 cm³/mol. The molecule has 0 saturated heterocycles. The van der Waals surface area contributed by atoms with Crippen LogP contribution in [0.15, 0.2) is 58.5 Å². The van der Waals surface area contributed by atoms with Crippen molar-refractivity contribution < 1.29 is 14.3 Å². The van der Waals surface area contributed by atoms with E-state index < -0.39 is 6.04 Å². The maximum Gasteiger partial charge on any atom is 0.259 e. The van der Waals surface area contributed by atoms with Crippen molar-refractivity contribution in [1.29, 1.82) is 0 Å².